The zero-order chi connectivity index (χ0) is 22.9. The Hall–Kier alpha value is -3.47. The van der Waals surface area contributed by atoms with Gasteiger partial charge < -0.3 is 19.5 Å². The first-order chi connectivity index (χ1) is 15.5. The van der Waals surface area contributed by atoms with E-state index < -0.39 is 0 Å². The second kappa shape index (κ2) is 11.2. The Balaban J connectivity index is 1.63. The number of nitrogens with one attached hydrogen (secondary N) is 1. The summed E-state index contributed by atoms with van der Waals surface area (Å²) < 4.78 is 16.9. The SMILES string of the molecule is CCOc1ccc(C(=O)NCCc2ccc(OC)cc2)cc1COc1ccc(C)c(C)c1. The van der Waals surface area contributed by atoms with Gasteiger partial charge in [0.05, 0.1) is 13.7 Å². The van der Waals surface area contributed by atoms with Gasteiger partial charge >= 0.3 is 0 Å². The highest BCUT2D eigenvalue weighted by Crippen LogP contribution is 2.24. The molecule has 3 aromatic carbocycles. The molecule has 3 aromatic rings. The van der Waals surface area contributed by atoms with Crippen molar-refractivity contribution in [3.8, 4) is 17.2 Å². The van der Waals surface area contributed by atoms with Crippen LogP contribution in [0.5, 0.6) is 17.2 Å². The van der Waals surface area contributed by atoms with E-state index in [1.54, 1.807) is 13.2 Å². The molecule has 0 aliphatic carbocycles. The number of carbonyl (C=O) groups is 1. The summed E-state index contributed by atoms with van der Waals surface area (Å²) in [7, 11) is 1.65. The highest BCUT2D eigenvalue weighted by molar-refractivity contribution is 5.94. The minimum atomic E-state index is -0.117. The van der Waals surface area contributed by atoms with Crippen molar-refractivity contribution in [2.75, 3.05) is 20.3 Å². The molecule has 168 valence electrons. The van der Waals surface area contributed by atoms with E-state index in [1.165, 1.54) is 11.1 Å². The van der Waals surface area contributed by atoms with Gasteiger partial charge in [0.15, 0.2) is 0 Å². The zero-order valence-electron chi connectivity index (χ0n) is 19.2. The minimum Gasteiger partial charge on any atom is -0.497 e. The zero-order valence-corrected chi connectivity index (χ0v) is 19.2. The first-order valence-corrected chi connectivity index (χ1v) is 10.9. The Morgan fingerprint density at radius 2 is 1.62 bits per heavy atom. The van der Waals surface area contributed by atoms with Crippen LogP contribution < -0.4 is 19.5 Å². The molecule has 0 unspecified atom stereocenters. The molecule has 1 amide bonds. The third-order valence-electron chi connectivity index (χ3n) is 5.35. The number of amides is 1. The molecule has 0 aromatic heterocycles. The first-order valence-electron chi connectivity index (χ1n) is 10.9. The molecule has 0 bridgehead atoms. The van der Waals surface area contributed by atoms with Crippen molar-refractivity contribution in [3.63, 3.8) is 0 Å². The fourth-order valence-electron chi connectivity index (χ4n) is 3.31. The van der Waals surface area contributed by atoms with E-state index in [1.807, 2.05) is 61.5 Å². The Morgan fingerprint density at radius 3 is 2.31 bits per heavy atom. The maximum atomic E-state index is 12.7. The summed E-state index contributed by atoms with van der Waals surface area (Å²) in [6, 6.07) is 19.3. The predicted molar refractivity (Wildman–Crippen MR) is 127 cm³/mol. The van der Waals surface area contributed by atoms with Crippen LogP contribution in [0.3, 0.4) is 0 Å². The average Bonchev–Trinajstić information content (AvgIpc) is 2.81. The fourth-order valence-corrected chi connectivity index (χ4v) is 3.31. The van der Waals surface area contributed by atoms with Crippen LogP contribution in [0.2, 0.25) is 0 Å². The topological polar surface area (TPSA) is 56.8 Å². The van der Waals surface area contributed by atoms with Gasteiger partial charge in [-0.15, -0.1) is 0 Å². The number of rotatable bonds is 10. The molecule has 3 rings (SSSR count). The minimum absolute atomic E-state index is 0.117. The number of hydrogen-bond acceptors (Lipinski definition) is 4. The number of carbonyl (C=O) groups excluding carboxylic acids is 1. The van der Waals surface area contributed by atoms with Crippen molar-refractivity contribution in [3.05, 3.63) is 88.5 Å². The van der Waals surface area contributed by atoms with E-state index in [2.05, 4.69) is 19.2 Å². The number of ether oxygens (including phenoxy) is 3. The lowest BCUT2D eigenvalue weighted by molar-refractivity contribution is 0.0954. The number of methoxy groups -OCH3 is 1. The monoisotopic (exact) mass is 433 g/mol. The summed E-state index contributed by atoms with van der Waals surface area (Å²) in [6.07, 6.45) is 0.746. The van der Waals surface area contributed by atoms with Crippen LogP contribution in [0.25, 0.3) is 0 Å². The second-order valence-electron chi connectivity index (χ2n) is 7.64. The molecule has 0 aliphatic rings. The Morgan fingerprint density at radius 1 is 0.875 bits per heavy atom. The summed E-state index contributed by atoms with van der Waals surface area (Å²) in [6.45, 7) is 7.49. The largest absolute Gasteiger partial charge is 0.497 e. The van der Waals surface area contributed by atoms with Gasteiger partial charge in [0.2, 0.25) is 0 Å². The van der Waals surface area contributed by atoms with Gasteiger partial charge in [-0.05, 0) is 86.3 Å². The van der Waals surface area contributed by atoms with Crippen LogP contribution >= 0.6 is 0 Å². The lowest BCUT2D eigenvalue weighted by Gasteiger charge is -2.14. The van der Waals surface area contributed by atoms with Crippen LogP contribution in [0.15, 0.2) is 60.7 Å². The van der Waals surface area contributed by atoms with Crippen molar-refractivity contribution >= 4 is 5.91 Å². The second-order valence-corrected chi connectivity index (χ2v) is 7.64. The molecule has 0 spiro atoms. The van der Waals surface area contributed by atoms with Crippen LogP contribution in [0.4, 0.5) is 0 Å². The Labute approximate surface area is 190 Å². The molecule has 0 saturated heterocycles. The fraction of sp³-hybridized carbons (Fsp3) is 0.296. The molecule has 0 saturated carbocycles. The van der Waals surface area contributed by atoms with Gasteiger partial charge in [0.1, 0.15) is 23.9 Å². The van der Waals surface area contributed by atoms with Gasteiger partial charge in [-0.3, -0.25) is 4.79 Å². The lowest BCUT2D eigenvalue weighted by Crippen LogP contribution is -2.25. The standard InChI is InChI=1S/C27H31NO4/c1-5-31-26-13-9-22(17-23(26)18-32-25-10-6-19(2)20(3)16-25)27(29)28-15-14-21-7-11-24(30-4)12-8-21/h6-13,16-17H,5,14-15,18H2,1-4H3,(H,28,29). The number of hydrogen-bond donors (Lipinski definition) is 1. The van der Waals surface area contributed by atoms with Crippen molar-refractivity contribution in [1.82, 2.24) is 5.32 Å². The molecule has 0 aliphatic heterocycles. The van der Waals surface area contributed by atoms with Crippen molar-refractivity contribution in [2.24, 2.45) is 0 Å². The van der Waals surface area contributed by atoms with Crippen molar-refractivity contribution in [1.29, 1.82) is 0 Å². The third kappa shape index (κ3) is 6.27. The quantitative estimate of drug-likeness (QED) is 0.474. The van der Waals surface area contributed by atoms with Gasteiger partial charge in [-0.1, -0.05) is 18.2 Å². The van der Waals surface area contributed by atoms with Crippen molar-refractivity contribution < 1.29 is 19.0 Å². The predicted octanol–water partition coefficient (Wildman–Crippen LogP) is 5.26. The first kappa shape index (κ1) is 23.2. The van der Waals surface area contributed by atoms with Crippen molar-refractivity contribution in [2.45, 2.75) is 33.8 Å². The highest BCUT2D eigenvalue weighted by Gasteiger charge is 2.12. The molecule has 1 N–H and O–H groups in total. The number of aryl methyl sites for hydroxylation is 2. The van der Waals surface area contributed by atoms with Crippen LogP contribution in [-0.2, 0) is 13.0 Å². The highest BCUT2D eigenvalue weighted by atomic mass is 16.5. The van der Waals surface area contributed by atoms with Crippen LogP contribution in [0, 0.1) is 13.8 Å². The van der Waals surface area contributed by atoms with Crippen LogP contribution in [0.1, 0.15) is 39.5 Å². The van der Waals surface area contributed by atoms with Crippen LogP contribution in [-0.4, -0.2) is 26.2 Å². The number of benzene rings is 3. The maximum Gasteiger partial charge on any atom is 0.251 e. The molecule has 5 nitrogen and oxygen atoms in total. The smallest absolute Gasteiger partial charge is 0.251 e. The molecule has 32 heavy (non-hydrogen) atoms. The van der Waals surface area contributed by atoms with Gasteiger partial charge in [0.25, 0.3) is 5.91 Å². The van der Waals surface area contributed by atoms with E-state index in [4.69, 9.17) is 14.2 Å². The van der Waals surface area contributed by atoms with Gasteiger partial charge in [-0.25, -0.2) is 0 Å². The molecule has 0 heterocycles. The van der Waals surface area contributed by atoms with E-state index in [0.717, 1.165) is 34.8 Å². The molecule has 0 atom stereocenters. The summed E-state index contributed by atoms with van der Waals surface area (Å²) >= 11 is 0. The summed E-state index contributed by atoms with van der Waals surface area (Å²) in [5, 5.41) is 2.99. The van der Waals surface area contributed by atoms with E-state index in [9.17, 15) is 4.79 Å². The lowest BCUT2D eigenvalue weighted by atomic mass is 10.1. The average molecular weight is 434 g/mol. The van der Waals surface area contributed by atoms with E-state index >= 15 is 0 Å². The molecular formula is C27H31NO4. The van der Waals surface area contributed by atoms with E-state index in [0.29, 0.717) is 25.3 Å². The molecule has 0 fully saturated rings. The van der Waals surface area contributed by atoms with Gasteiger partial charge in [-0.2, -0.15) is 0 Å². The van der Waals surface area contributed by atoms with E-state index in [-0.39, 0.29) is 5.91 Å². The summed E-state index contributed by atoms with van der Waals surface area (Å²) in [5.41, 5.74) is 4.97. The third-order valence-corrected chi connectivity index (χ3v) is 5.35. The molecule has 0 radical (unpaired) electrons. The normalized spacial score (nSPS) is 10.5. The molecular weight excluding hydrogens is 402 g/mol. The Bertz CT molecular complexity index is 1040. The van der Waals surface area contributed by atoms with Gasteiger partial charge in [0, 0.05) is 17.7 Å². The molecule has 5 heteroatoms. The maximum absolute atomic E-state index is 12.7. The summed E-state index contributed by atoms with van der Waals surface area (Å²) in [5.74, 6) is 2.23. The summed E-state index contributed by atoms with van der Waals surface area (Å²) in [4.78, 5) is 12.7. The Kier molecular flexibility index (Phi) is 8.14.